The summed E-state index contributed by atoms with van der Waals surface area (Å²) >= 11 is 11.9. The van der Waals surface area contributed by atoms with Crippen LogP contribution in [0.3, 0.4) is 0 Å². The average molecular weight is 413 g/mol. The van der Waals surface area contributed by atoms with Gasteiger partial charge in [0.2, 0.25) is 5.67 Å². The number of carbonyl (C=O) groups is 1. The van der Waals surface area contributed by atoms with E-state index in [2.05, 4.69) is 10.3 Å². The number of aliphatic hydroxyl groups is 2. The molecule has 1 aromatic heterocycles. The molecule has 1 aliphatic rings. The van der Waals surface area contributed by atoms with E-state index in [-0.39, 0.29) is 30.6 Å². The molecule has 27 heavy (non-hydrogen) atoms. The fourth-order valence-corrected chi connectivity index (χ4v) is 3.72. The maximum absolute atomic E-state index is 15.8. The number of hydrogen-bond donors (Lipinski definition) is 3. The van der Waals surface area contributed by atoms with Crippen LogP contribution in [0.4, 0.5) is 4.39 Å². The van der Waals surface area contributed by atoms with Gasteiger partial charge in [-0.05, 0) is 49.1 Å². The Bertz CT molecular complexity index is 895. The first-order valence-corrected chi connectivity index (χ1v) is 9.17. The molecule has 0 radical (unpaired) electrons. The quantitative estimate of drug-likeness (QED) is 0.720. The SMILES string of the molecule is Cc1cnc2c(c1)C(F)(C(=O)NCc1ccc(Cl)cc1Cl)CCC2(O)CO. The number of hydrogen-bond acceptors (Lipinski definition) is 4. The molecule has 0 aliphatic heterocycles. The lowest BCUT2D eigenvalue weighted by atomic mass is 9.74. The van der Waals surface area contributed by atoms with Gasteiger partial charge >= 0.3 is 0 Å². The Labute approximate surface area is 166 Å². The van der Waals surface area contributed by atoms with Gasteiger partial charge in [0.1, 0.15) is 5.60 Å². The second-order valence-corrected chi connectivity index (χ2v) is 7.66. The molecule has 8 heteroatoms. The zero-order valence-corrected chi connectivity index (χ0v) is 16.1. The molecule has 3 rings (SSSR count). The van der Waals surface area contributed by atoms with Gasteiger partial charge in [-0.15, -0.1) is 0 Å². The molecule has 2 unspecified atom stereocenters. The number of aromatic nitrogens is 1. The van der Waals surface area contributed by atoms with Gasteiger partial charge in [-0.3, -0.25) is 9.78 Å². The van der Waals surface area contributed by atoms with E-state index in [1.54, 1.807) is 25.1 Å². The molecule has 1 amide bonds. The number of nitrogens with zero attached hydrogens (tertiary/aromatic N) is 1. The number of amides is 1. The molecule has 2 aromatic rings. The normalized spacial score (nSPS) is 24.4. The molecule has 2 atom stereocenters. The third-order valence-corrected chi connectivity index (χ3v) is 5.44. The van der Waals surface area contributed by atoms with E-state index < -0.39 is 23.8 Å². The van der Waals surface area contributed by atoms with Crippen LogP contribution in [0, 0.1) is 6.92 Å². The Morgan fingerprint density at radius 2 is 2.07 bits per heavy atom. The first-order valence-electron chi connectivity index (χ1n) is 8.41. The van der Waals surface area contributed by atoms with Crippen molar-refractivity contribution in [1.82, 2.24) is 10.3 Å². The summed E-state index contributed by atoms with van der Waals surface area (Å²) in [7, 11) is 0. The Morgan fingerprint density at radius 3 is 2.74 bits per heavy atom. The Kier molecular flexibility index (Phi) is 5.45. The minimum Gasteiger partial charge on any atom is -0.393 e. The van der Waals surface area contributed by atoms with Crippen molar-refractivity contribution in [3.63, 3.8) is 0 Å². The van der Waals surface area contributed by atoms with Crippen molar-refractivity contribution in [3.05, 3.63) is 62.9 Å². The summed E-state index contributed by atoms with van der Waals surface area (Å²) in [6, 6.07) is 6.31. The average Bonchev–Trinajstić information content (AvgIpc) is 2.64. The molecule has 0 saturated carbocycles. The van der Waals surface area contributed by atoms with Gasteiger partial charge in [0, 0.05) is 28.4 Å². The van der Waals surface area contributed by atoms with Crippen LogP contribution in [0.25, 0.3) is 0 Å². The Hall–Kier alpha value is -1.73. The Balaban J connectivity index is 1.90. The number of benzene rings is 1. The number of aliphatic hydroxyl groups excluding tert-OH is 1. The van der Waals surface area contributed by atoms with E-state index in [0.717, 1.165) is 0 Å². The molecule has 1 aromatic carbocycles. The summed E-state index contributed by atoms with van der Waals surface area (Å²) in [5.41, 5.74) is -2.82. The van der Waals surface area contributed by atoms with Gasteiger partial charge in [0.15, 0.2) is 0 Å². The number of nitrogens with one attached hydrogen (secondary N) is 1. The first-order chi connectivity index (χ1) is 12.7. The van der Waals surface area contributed by atoms with E-state index in [4.69, 9.17) is 23.2 Å². The monoisotopic (exact) mass is 412 g/mol. The number of rotatable bonds is 4. The highest BCUT2D eigenvalue weighted by molar-refractivity contribution is 6.35. The van der Waals surface area contributed by atoms with E-state index >= 15 is 4.39 Å². The molecule has 0 fully saturated rings. The number of pyridine rings is 1. The molecule has 144 valence electrons. The molecule has 0 spiro atoms. The largest absolute Gasteiger partial charge is 0.393 e. The standard InChI is InChI=1S/C19H19Cl2FN2O3/c1-11-6-14-16(23-8-11)18(27,10-25)4-5-19(14,22)17(26)24-9-12-2-3-13(20)7-15(12)21/h2-3,6-8,25,27H,4-5,9-10H2,1H3,(H,24,26). The molecular weight excluding hydrogens is 394 g/mol. The highest BCUT2D eigenvalue weighted by Gasteiger charge is 2.51. The molecule has 1 heterocycles. The highest BCUT2D eigenvalue weighted by atomic mass is 35.5. The van der Waals surface area contributed by atoms with Crippen molar-refractivity contribution >= 4 is 29.1 Å². The summed E-state index contributed by atoms with van der Waals surface area (Å²) in [4.78, 5) is 16.8. The predicted octanol–water partition coefficient (Wildman–Crippen LogP) is 3.15. The highest BCUT2D eigenvalue weighted by Crippen LogP contribution is 2.45. The van der Waals surface area contributed by atoms with Gasteiger partial charge < -0.3 is 15.5 Å². The summed E-state index contributed by atoms with van der Waals surface area (Å²) in [6.45, 7) is 1.14. The van der Waals surface area contributed by atoms with Crippen molar-refractivity contribution < 1.29 is 19.4 Å². The van der Waals surface area contributed by atoms with Crippen LogP contribution >= 0.6 is 23.2 Å². The number of fused-ring (bicyclic) bond motifs is 1. The molecule has 0 bridgehead atoms. The van der Waals surface area contributed by atoms with Crippen LogP contribution in [-0.4, -0.2) is 27.7 Å². The topological polar surface area (TPSA) is 82.5 Å². The number of aryl methyl sites for hydroxylation is 1. The van der Waals surface area contributed by atoms with Crippen molar-refractivity contribution in [3.8, 4) is 0 Å². The van der Waals surface area contributed by atoms with E-state index in [9.17, 15) is 15.0 Å². The maximum Gasteiger partial charge on any atom is 0.262 e. The second-order valence-electron chi connectivity index (χ2n) is 6.82. The van der Waals surface area contributed by atoms with Gasteiger partial charge in [0.05, 0.1) is 12.3 Å². The minimum absolute atomic E-state index is 0.0102. The van der Waals surface area contributed by atoms with Gasteiger partial charge in [0.25, 0.3) is 5.91 Å². The molecule has 3 N–H and O–H groups in total. The van der Waals surface area contributed by atoms with Gasteiger partial charge in [-0.2, -0.15) is 0 Å². The molecule has 0 saturated heterocycles. The number of carbonyl (C=O) groups excluding carboxylic acids is 1. The first kappa shape index (κ1) is 20.0. The second kappa shape index (κ2) is 7.36. The molecule has 5 nitrogen and oxygen atoms in total. The van der Waals surface area contributed by atoms with Crippen LogP contribution in [0.15, 0.2) is 30.5 Å². The fraction of sp³-hybridized carbons (Fsp3) is 0.368. The summed E-state index contributed by atoms with van der Waals surface area (Å²) in [5, 5.41) is 23.5. The molecule has 1 aliphatic carbocycles. The zero-order chi connectivity index (χ0) is 19.8. The van der Waals surface area contributed by atoms with Crippen LogP contribution < -0.4 is 5.32 Å². The maximum atomic E-state index is 15.8. The van der Waals surface area contributed by atoms with Crippen LogP contribution in [0.1, 0.15) is 35.2 Å². The fourth-order valence-electron chi connectivity index (χ4n) is 3.24. The molecular formula is C19H19Cl2FN2O3. The lowest BCUT2D eigenvalue weighted by Crippen LogP contribution is -2.49. The van der Waals surface area contributed by atoms with Crippen LogP contribution in [-0.2, 0) is 22.6 Å². The van der Waals surface area contributed by atoms with Gasteiger partial charge in [-0.1, -0.05) is 29.3 Å². The van der Waals surface area contributed by atoms with E-state index in [1.165, 1.54) is 12.3 Å². The summed E-state index contributed by atoms with van der Waals surface area (Å²) < 4.78 is 15.8. The lowest BCUT2D eigenvalue weighted by Gasteiger charge is -2.38. The van der Waals surface area contributed by atoms with Crippen molar-refractivity contribution in [2.24, 2.45) is 0 Å². The number of halogens is 3. The van der Waals surface area contributed by atoms with E-state index in [0.29, 0.717) is 21.2 Å². The summed E-state index contributed by atoms with van der Waals surface area (Å²) in [5.74, 6) is -0.845. The third-order valence-electron chi connectivity index (χ3n) is 4.85. The van der Waals surface area contributed by atoms with Crippen molar-refractivity contribution in [1.29, 1.82) is 0 Å². The number of alkyl halides is 1. The van der Waals surface area contributed by atoms with Crippen molar-refractivity contribution in [2.75, 3.05) is 6.61 Å². The smallest absolute Gasteiger partial charge is 0.262 e. The van der Waals surface area contributed by atoms with Crippen molar-refractivity contribution in [2.45, 2.75) is 37.6 Å². The summed E-state index contributed by atoms with van der Waals surface area (Å²) in [6.07, 6.45) is 1.07. The predicted molar refractivity (Wildman–Crippen MR) is 100 cm³/mol. The Morgan fingerprint density at radius 1 is 1.33 bits per heavy atom. The third kappa shape index (κ3) is 3.67. The van der Waals surface area contributed by atoms with E-state index in [1.807, 2.05) is 0 Å². The lowest BCUT2D eigenvalue weighted by molar-refractivity contribution is -0.138. The van der Waals surface area contributed by atoms with Crippen LogP contribution in [0.5, 0.6) is 0 Å². The minimum atomic E-state index is -2.37. The van der Waals surface area contributed by atoms with Gasteiger partial charge in [-0.25, -0.2) is 4.39 Å². The zero-order valence-electron chi connectivity index (χ0n) is 14.6. The van der Waals surface area contributed by atoms with Crippen LogP contribution in [0.2, 0.25) is 10.0 Å².